The molecule has 1 unspecified atom stereocenters. The molecule has 0 bridgehead atoms. The molecule has 0 rings (SSSR count). The summed E-state index contributed by atoms with van der Waals surface area (Å²) in [6.45, 7) is 11.8. The number of rotatable bonds is 12. The molecule has 2 heteroatoms. The van der Waals surface area contributed by atoms with Gasteiger partial charge in [-0.3, -0.25) is 0 Å². The van der Waals surface area contributed by atoms with Gasteiger partial charge in [0.15, 0.2) is 0 Å². The van der Waals surface area contributed by atoms with Crippen LogP contribution < -0.4 is 5.32 Å². The Morgan fingerprint density at radius 2 is 1.59 bits per heavy atom. The molecule has 0 aromatic carbocycles. The molecular weight excluding hydrogens is 210 g/mol. The second-order valence-electron chi connectivity index (χ2n) is 5.23. The minimum Gasteiger partial charge on any atom is -0.377 e. The van der Waals surface area contributed by atoms with Crippen molar-refractivity contribution in [2.45, 2.75) is 72.3 Å². The summed E-state index contributed by atoms with van der Waals surface area (Å²) in [4.78, 5) is 0. The van der Waals surface area contributed by atoms with Crippen molar-refractivity contribution in [3.63, 3.8) is 0 Å². The number of ether oxygens (including phenoxy) is 1. The van der Waals surface area contributed by atoms with E-state index in [1.165, 1.54) is 38.5 Å². The van der Waals surface area contributed by atoms with E-state index in [2.05, 4.69) is 33.0 Å². The first-order chi connectivity index (χ1) is 8.22. The van der Waals surface area contributed by atoms with Crippen molar-refractivity contribution < 1.29 is 4.74 Å². The average Bonchev–Trinajstić information content (AvgIpc) is 2.31. The van der Waals surface area contributed by atoms with Crippen molar-refractivity contribution in [2.24, 2.45) is 5.92 Å². The van der Waals surface area contributed by atoms with Gasteiger partial charge in [-0.1, -0.05) is 59.8 Å². The van der Waals surface area contributed by atoms with Gasteiger partial charge in [0, 0.05) is 13.2 Å². The Labute approximate surface area is 109 Å². The van der Waals surface area contributed by atoms with E-state index in [1.807, 2.05) is 0 Å². The third-order valence-electron chi connectivity index (χ3n) is 3.17. The molecule has 0 aliphatic rings. The Kier molecular flexibility index (Phi) is 12.3. The molecule has 2 nitrogen and oxygen atoms in total. The number of hydrogen-bond acceptors (Lipinski definition) is 2. The van der Waals surface area contributed by atoms with Crippen molar-refractivity contribution in [1.29, 1.82) is 0 Å². The van der Waals surface area contributed by atoms with Crippen LogP contribution in [-0.2, 0) is 4.74 Å². The SMILES string of the molecule is CCCCCCCCOC(CNCC)C(C)C. The maximum atomic E-state index is 5.95. The highest BCUT2D eigenvalue weighted by atomic mass is 16.5. The van der Waals surface area contributed by atoms with E-state index < -0.39 is 0 Å². The van der Waals surface area contributed by atoms with Crippen LogP contribution in [0.5, 0.6) is 0 Å². The van der Waals surface area contributed by atoms with Crippen LogP contribution in [0.4, 0.5) is 0 Å². The van der Waals surface area contributed by atoms with Crippen LogP contribution in [0.1, 0.15) is 66.2 Å². The number of hydrogen-bond donors (Lipinski definition) is 1. The van der Waals surface area contributed by atoms with E-state index in [4.69, 9.17) is 4.74 Å². The molecule has 0 aromatic rings. The van der Waals surface area contributed by atoms with Gasteiger partial charge in [-0.2, -0.15) is 0 Å². The Hall–Kier alpha value is -0.0800. The summed E-state index contributed by atoms with van der Waals surface area (Å²) in [5, 5.41) is 3.37. The quantitative estimate of drug-likeness (QED) is 0.523. The fraction of sp³-hybridized carbons (Fsp3) is 1.00. The van der Waals surface area contributed by atoms with Crippen LogP contribution in [0, 0.1) is 5.92 Å². The summed E-state index contributed by atoms with van der Waals surface area (Å²) in [5.74, 6) is 0.606. The maximum absolute atomic E-state index is 5.95. The van der Waals surface area contributed by atoms with Gasteiger partial charge in [-0.25, -0.2) is 0 Å². The van der Waals surface area contributed by atoms with E-state index in [1.54, 1.807) is 0 Å². The van der Waals surface area contributed by atoms with Gasteiger partial charge in [-0.05, 0) is 18.9 Å². The van der Waals surface area contributed by atoms with Crippen molar-refractivity contribution in [1.82, 2.24) is 5.32 Å². The molecule has 0 heterocycles. The molecular formula is C15H33NO. The van der Waals surface area contributed by atoms with Crippen molar-refractivity contribution in [3.05, 3.63) is 0 Å². The van der Waals surface area contributed by atoms with Gasteiger partial charge < -0.3 is 10.1 Å². The third kappa shape index (κ3) is 10.8. The van der Waals surface area contributed by atoms with Gasteiger partial charge >= 0.3 is 0 Å². The lowest BCUT2D eigenvalue weighted by atomic mass is 10.1. The summed E-state index contributed by atoms with van der Waals surface area (Å²) in [6, 6.07) is 0. The van der Waals surface area contributed by atoms with Gasteiger partial charge in [-0.15, -0.1) is 0 Å². The largest absolute Gasteiger partial charge is 0.377 e. The monoisotopic (exact) mass is 243 g/mol. The van der Waals surface area contributed by atoms with Crippen molar-refractivity contribution in [3.8, 4) is 0 Å². The Morgan fingerprint density at radius 1 is 0.941 bits per heavy atom. The van der Waals surface area contributed by atoms with Gasteiger partial charge in [0.25, 0.3) is 0 Å². The standard InChI is InChI=1S/C15H33NO/c1-5-7-8-9-10-11-12-17-15(14(3)4)13-16-6-2/h14-16H,5-13H2,1-4H3. The van der Waals surface area contributed by atoms with E-state index >= 15 is 0 Å². The molecule has 0 fully saturated rings. The van der Waals surface area contributed by atoms with Crippen molar-refractivity contribution >= 4 is 0 Å². The summed E-state index contributed by atoms with van der Waals surface area (Å²) in [5.41, 5.74) is 0. The highest BCUT2D eigenvalue weighted by Crippen LogP contribution is 2.09. The molecule has 1 atom stereocenters. The zero-order chi connectivity index (χ0) is 12.9. The molecule has 17 heavy (non-hydrogen) atoms. The zero-order valence-electron chi connectivity index (χ0n) is 12.4. The van der Waals surface area contributed by atoms with Gasteiger partial charge in [0.1, 0.15) is 0 Å². The molecule has 0 radical (unpaired) electrons. The van der Waals surface area contributed by atoms with Crippen LogP contribution in [0.3, 0.4) is 0 Å². The third-order valence-corrected chi connectivity index (χ3v) is 3.17. The predicted molar refractivity (Wildman–Crippen MR) is 76.5 cm³/mol. The summed E-state index contributed by atoms with van der Waals surface area (Å²) in [7, 11) is 0. The molecule has 0 aromatic heterocycles. The highest BCUT2D eigenvalue weighted by Gasteiger charge is 2.12. The van der Waals surface area contributed by atoms with E-state index in [0.717, 1.165) is 19.7 Å². The van der Waals surface area contributed by atoms with Crippen LogP contribution >= 0.6 is 0 Å². The van der Waals surface area contributed by atoms with Crippen molar-refractivity contribution in [2.75, 3.05) is 19.7 Å². The topological polar surface area (TPSA) is 21.3 Å². The summed E-state index contributed by atoms with van der Waals surface area (Å²) >= 11 is 0. The summed E-state index contributed by atoms with van der Waals surface area (Å²) in [6.07, 6.45) is 8.40. The lowest BCUT2D eigenvalue weighted by Crippen LogP contribution is -2.33. The molecule has 0 amide bonds. The fourth-order valence-electron chi connectivity index (χ4n) is 1.89. The lowest BCUT2D eigenvalue weighted by molar-refractivity contribution is 0.0211. The second-order valence-corrected chi connectivity index (χ2v) is 5.23. The average molecular weight is 243 g/mol. The number of likely N-dealkylation sites (N-methyl/N-ethyl adjacent to an activating group) is 1. The Bertz CT molecular complexity index is 148. The fourth-order valence-corrected chi connectivity index (χ4v) is 1.89. The Morgan fingerprint density at radius 3 is 2.18 bits per heavy atom. The Balaban J connectivity index is 3.41. The normalized spacial score (nSPS) is 13.2. The van der Waals surface area contributed by atoms with Gasteiger partial charge in [0.2, 0.25) is 0 Å². The molecule has 0 aliphatic heterocycles. The number of unbranched alkanes of at least 4 members (excludes halogenated alkanes) is 5. The minimum absolute atomic E-state index is 0.380. The first-order valence-corrected chi connectivity index (χ1v) is 7.54. The molecule has 0 spiro atoms. The maximum Gasteiger partial charge on any atom is 0.0722 e. The first-order valence-electron chi connectivity index (χ1n) is 7.54. The minimum atomic E-state index is 0.380. The van der Waals surface area contributed by atoms with Crippen LogP contribution in [0.2, 0.25) is 0 Å². The molecule has 0 aliphatic carbocycles. The molecule has 0 saturated heterocycles. The highest BCUT2D eigenvalue weighted by molar-refractivity contribution is 4.65. The molecule has 0 saturated carbocycles. The summed E-state index contributed by atoms with van der Waals surface area (Å²) < 4.78 is 5.95. The molecule has 1 N–H and O–H groups in total. The molecule has 104 valence electrons. The number of nitrogens with one attached hydrogen (secondary N) is 1. The smallest absolute Gasteiger partial charge is 0.0722 e. The predicted octanol–water partition coefficient (Wildman–Crippen LogP) is 4.00. The van der Waals surface area contributed by atoms with Crippen LogP contribution in [-0.4, -0.2) is 25.8 Å². The lowest BCUT2D eigenvalue weighted by Gasteiger charge is -2.21. The van der Waals surface area contributed by atoms with E-state index in [9.17, 15) is 0 Å². The van der Waals surface area contributed by atoms with Crippen LogP contribution in [0.25, 0.3) is 0 Å². The second kappa shape index (κ2) is 12.4. The first kappa shape index (κ1) is 16.9. The van der Waals surface area contributed by atoms with Crippen LogP contribution in [0.15, 0.2) is 0 Å². The zero-order valence-corrected chi connectivity index (χ0v) is 12.4. The van der Waals surface area contributed by atoms with Gasteiger partial charge in [0.05, 0.1) is 6.10 Å². The van der Waals surface area contributed by atoms with E-state index in [-0.39, 0.29) is 0 Å². The van der Waals surface area contributed by atoms with E-state index in [0.29, 0.717) is 12.0 Å².